The summed E-state index contributed by atoms with van der Waals surface area (Å²) in [4.78, 5) is 4.76. The van der Waals surface area contributed by atoms with Crippen LogP contribution in [-0.2, 0) is 11.3 Å². The van der Waals surface area contributed by atoms with Gasteiger partial charge in [-0.3, -0.25) is 5.41 Å². The Hall–Kier alpha value is -1.39. The maximum atomic E-state index is 7.29. The molecule has 0 saturated carbocycles. The molecule has 1 aromatic rings. The van der Waals surface area contributed by atoms with Crippen LogP contribution in [0.1, 0.15) is 12.5 Å². The van der Waals surface area contributed by atoms with Gasteiger partial charge in [0, 0.05) is 0 Å². The predicted molar refractivity (Wildman–Crippen MR) is 58.5 cm³/mol. The molecule has 15 heavy (non-hydrogen) atoms. The van der Waals surface area contributed by atoms with E-state index in [2.05, 4.69) is 24.6 Å². The normalized spacial score (nSPS) is 18.9. The van der Waals surface area contributed by atoms with Crippen LogP contribution < -0.4 is 0 Å². The summed E-state index contributed by atoms with van der Waals surface area (Å²) in [6.45, 7) is 2.56. The van der Waals surface area contributed by atoms with Crippen molar-refractivity contribution in [1.29, 1.82) is 5.41 Å². The largest absolute Gasteiger partial charge is 0.564 e. The third-order valence-corrected chi connectivity index (χ3v) is 2.44. The summed E-state index contributed by atoms with van der Waals surface area (Å²) in [6.07, 6.45) is 0.918. The van der Waals surface area contributed by atoms with Gasteiger partial charge >= 0.3 is 0 Å². The fourth-order valence-corrected chi connectivity index (χ4v) is 1.60. The third-order valence-electron chi connectivity index (χ3n) is 2.44. The molecule has 0 aromatic heterocycles. The van der Waals surface area contributed by atoms with E-state index in [-0.39, 0.29) is 11.9 Å². The maximum Gasteiger partial charge on any atom is 0.179 e. The number of rotatable bonds is 3. The van der Waals surface area contributed by atoms with E-state index in [4.69, 9.17) is 10.2 Å². The molecule has 2 rings (SSSR count). The first-order valence-corrected chi connectivity index (χ1v) is 5.01. The van der Waals surface area contributed by atoms with Crippen molar-refractivity contribution in [2.45, 2.75) is 19.4 Å². The van der Waals surface area contributed by atoms with Crippen molar-refractivity contribution in [3.8, 4) is 0 Å². The van der Waals surface area contributed by atoms with E-state index in [0.717, 1.165) is 6.42 Å². The molecule has 1 atom stereocenters. The summed E-state index contributed by atoms with van der Waals surface area (Å²) < 4.78 is 0. The Morgan fingerprint density at radius 3 is 2.80 bits per heavy atom. The van der Waals surface area contributed by atoms with Crippen LogP contribution in [0.25, 0.3) is 5.59 Å². The number of nitrogens with one attached hydrogen (secondary N) is 1. The number of hydrogen-bond acceptors (Lipinski definition) is 3. The average molecular weight is 204 g/mol. The van der Waals surface area contributed by atoms with E-state index in [1.54, 1.807) is 5.01 Å². The second-order valence-corrected chi connectivity index (χ2v) is 3.73. The van der Waals surface area contributed by atoms with Crippen molar-refractivity contribution in [2.24, 2.45) is 0 Å². The molecule has 1 fully saturated rings. The van der Waals surface area contributed by atoms with Crippen LogP contribution >= 0.6 is 0 Å². The van der Waals surface area contributed by atoms with E-state index < -0.39 is 0 Å². The van der Waals surface area contributed by atoms with Crippen molar-refractivity contribution in [1.82, 2.24) is 5.01 Å². The molecule has 1 aliphatic rings. The van der Waals surface area contributed by atoms with Gasteiger partial charge in [-0.25, -0.2) is 0 Å². The number of hydrogen-bond donors (Lipinski definition) is 1. The van der Waals surface area contributed by atoms with E-state index in [9.17, 15) is 0 Å². The molecule has 0 bridgehead atoms. The Bertz CT molecular complexity index is 339. The molecule has 1 N–H and O–H groups in total. The monoisotopic (exact) mass is 204 g/mol. The zero-order valence-electron chi connectivity index (χ0n) is 8.68. The second-order valence-electron chi connectivity index (χ2n) is 3.73. The summed E-state index contributed by atoms with van der Waals surface area (Å²) in [5.41, 5.74) is 5.10. The van der Waals surface area contributed by atoms with E-state index in [1.165, 1.54) is 5.56 Å². The minimum Gasteiger partial charge on any atom is -0.564 e. The van der Waals surface area contributed by atoms with Gasteiger partial charge in [0.25, 0.3) is 0 Å². The van der Waals surface area contributed by atoms with Gasteiger partial charge in [-0.1, -0.05) is 37.3 Å². The topological polar surface area (TPSA) is 50.4 Å². The highest BCUT2D eigenvalue weighted by Crippen LogP contribution is 2.17. The van der Waals surface area contributed by atoms with Crippen molar-refractivity contribution in [2.75, 3.05) is 6.54 Å². The molecular weight excluding hydrogens is 190 g/mol. The van der Waals surface area contributed by atoms with Gasteiger partial charge in [0.05, 0.1) is 6.54 Å². The molecule has 0 unspecified atom stereocenters. The summed E-state index contributed by atoms with van der Waals surface area (Å²) in [6, 6.07) is 10.5. The first-order valence-electron chi connectivity index (χ1n) is 5.01. The average Bonchev–Trinajstić information content (AvgIpc) is 2.66. The van der Waals surface area contributed by atoms with E-state index in [1.807, 2.05) is 18.2 Å². The lowest BCUT2D eigenvalue weighted by Crippen LogP contribution is -2.29. The second kappa shape index (κ2) is 4.42. The van der Waals surface area contributed by atoms with Crippen LogP contribution in [0.3, 0.4) is 0 Å². The Morgan fingerprint density at radius 1 is 1.47 bits per heavy atom. The minimum atomic E-state index is 0.218. The van der Waals surface area contributed by atoms with Gasteiger partial charge < -0.3 is 15.4 Å². The SMILES string of the molecule is C[C@@H](Cc1ccccc1)N1CC(=N)O[N-]1. The van der Waals surface area contributed by atoms with Crippen molar-refractivity contribution in [3.63, 3.8) is 0 Å². The van der Waals surface area contributed by atoms with Gasteiger partial charge in [0.1, 0.15) is 0 Å². The van der Waals surface area contributed by atoms with Crippen LogP contribution in [0.2, 0.25) is 0 Å². The Balaban J connectivity index is 1.92. The van der Waals surface area contributed by atoms with Gasteiger partial charge in [-0.05, 0) is 18.0 Å². The molecule has 1 saturated heterocycles. The van der Waals surface area contributed by atoms with Crippen LogP contribution in [0.4, 0.5) is 0 Å². The summed E-state index contributed by atoms with van der Waals surface area (Å²) in [7, 11) is 0. The molecule has 0 spiro atoms. The van der Waals surface area contributed by atoms with Gasteiger partial charge in [-0.2, -0.15) is 0 Å². The first kappa shape index (κ1) is 10.1. The lowest BCUT2D eigenvalue weighted by atomic mass is 10.1. The molecule has 1 aromatic carbocycles. The van der Waals surface area contributed by atoms with Crippen molar-refractivity contribution < 1.29 is 4.84 Å². The first-order chi connectivity index (χ1) is 7.25. The Labute approximate surface area is 89.3 Å². The third kappa shape index (κ3) is 2.55. The van der Waals surface area contributed by atoms with Gasteiger partial charge in [-0.15, -0.1) is 0 Å². The standard InChI is InChI=1S/C11H14N3O/c1-9(14-8-11(12)15-13-14)7-10-5-3-2-4-6-10/h2-6,9,12H,7-8H2,1H3/q-1/t9-/m0/s1. The highest BCUT2D eigenvalue weighted by Gasteiger charge is 2.13. The smallest absolute Gasteiger partial charge is 0.179 e. The molecule has 0 amide bonds. The van der Waals surface area contributed by atoms with Crippen LogP contribution in [-0.4, -0.2) is 23.5 Å². The molecule has 1 heterocycles. The van der Waals surface area contributed by atoms with Crippen LogP contribution in [0.15, 0.2) is 30.3 Å². The Kier molecular flexibility index (Phi) is 2.99. The lowest BCUT2D eigenvalue weighted by Gasteiger charge is -2.32. The quantitative estimate of drug-likeness (QED) is 0.820. The van der Waals surface area contributed by atoms with Crippen LogP contribution in [0.5, 0.6) is 0 Å². The molecule has 80 valence electrons. The van der Waals surface area contributed by atoms with Crippen molar-refractivity contribution >= 4 is 5.90 Å². The zero-order chi connectivity index (χ0) is 10.7. The zero-order valence-corrected chi connectivity index (χ0v) is 8.68. The van der Waals surface area contributed by atoms with Crippen LogP contribution in [0, 0.1) is 5.41 Å². The lowest BCUT2D eigenvalue weighted by molar-refractivity contribution is 0.243. The summed E-state index contributed by atoms with van der Waals surface area (Å²) in [5, 5.41) is 9.10. The molecule has 0 radical (unpaired) electrons. The molecule has 1 aliphatic heterocycles. The van der Waals surface area contributed by atoms with E-state index >= 15 is 0 Å². The molecule has 0 aliphatic carbocycles. The van der Waals surface area contributed by atoms with E-state index in [0.29, 0.717) is 6.54 Å². The van der Waals surface area contributed by atoms with Gasteiger partial charge in [0.2, 0.25) is 0 Å². The predicted octanol–water partition coefficient (Wildman–Crippen LogP) is 2.13. The Morgan fingerprint density at radius 2 is 2.20 bits per heavy atom. The fraction of sp³-hybridized carbons (Fsp3) is 0.364. The maximum absolute atomic E-state index is 7.29. The highest BCUT2D eigenvalue weighted by molar-refractivity contribution is 5.77. The molecular formula is C11H14N3O-. The molecule has 4 heteroatoms. The van der Waals surface area contributed by atoms with Gasteiger partial charge in [0.15, 0.2) is 5.90 Å². The summed E-state index contributed by atoms with van der Waals surface area (Å²) >= 11 is 0. The summed E-state index contributed by atoms with van der Waals surface area (Å²) in [5.74, 6) is 0.218. The number of nitrogens with zero attached hydrogens (tertiary/aromatic N) is 2. The minimum absolute atomic E-state index is 0.218. The fourth-order valence-electron chi connectivity index (χ4n) is 1.60. The number of benzene rings is 1. The highest BCUT2D eigenvalue weighted by atomic mass is 16.7. The molecule has 4 nitrogen and oxygen atoms in total. The van der Waals surface area contributed by atoms with Crippen molar-refractivity contribution in [3.05, 3.63) is 41.5 Å².